The number of nitrogens with one attached hydrogen (secondary N) is 2. The van der Waals surface area contributed by atoms with E-state index < -0.39 is 0 Å². The van der Waals surface area contributed by atoms with Crippen LogP contribution < -0.4 is 10.6 Å². The summed E-state index contributed by atoms with van der Waals surface area (Å²) in [6.07, 6.45) is 3.08. The number of thiazole rings is 1. The molecule has 2 N–H and O–H groups in total. The van der Waals surface area contributed by atoms with Crippen molar-refractivity contribution in [3.8, 4) is 0 Å². The molecule has 1 aliphatic heterocycles. The molecule has 4 heteroatoms. The van der Waals surface area contributed by atoms with Gasteiger partial charge in [-0.25, -0.2) is 4.98 Å². The molecule has 3 nitrogen and oxygen atoms in total. The van der Waals surface area contributed by atoms with Gasteiger partial charge in [-0.05, 0) is 24.5 Å². The van der Waals surface area contributed by atoms with E-state index in [1.54, 1.807) is 0 Å². The fourth-order valence-electron chi connectivity index (χ4n) is 2.86. The maximum atomic E-state index is 4.54. The largest absolute Gasteiger partial charge is 0.312 e. The van der Waals surface area contributed by atoms with E-state index in [0.717, 1.165) is 26.1 Å². The molecule has 0 saturated heterocycles. The van der Waals surface area contributed by atoms with Crippen LogP contribution in [0.4, 0.5) is 0 Å². The second-order valence-corrected chi connectivity index (χ2v) is 6.82. The number of aryl methyl sites for hydroxylation is 1. The smallest absolute Gasteiger partial charge is 0.109 e. The van der Waals surface area contributed by atoms with Gasteiger partial charge < -0.3 is 10.6 Å². The van der Waals surface area contributed by atoms with Gasteiger partial charge in [0.1, 0.15) is 5.01 Å². The van der Waals surface area contributed by atoms with Crippen molar-refractivity contribution in [3.63, 3.8) is 0 Å². The van der Waals surface area contributed by atoms with Crippen LogP contribution in [0.25, 0.3) is 0 Å². The van der Waals surface area contributed by atoms with Gasteiger partial charge in [0.15, 0.2) is 0 Å². The number of rotatable bonds is 5. The maximum absolute atomic E-state index is 4.54. The Kier molecular flexibility index (Phi) is 4.68. The maximum Gasteiger partial charge on any atom is 0.109 e. The Balaban J connectivity index is 1.63. The van der Waals surface area contributed by atoms with Crippen molar-refractivity contribution in [1.82, 2.24) is 15.6 Å². The van der Waals surface area contributed by atoms with E-state index in [2.05, 4.69) is 53.7 Å². The molecule has 1 aromatic carbocycles. The van der Waals surface area contributed by atoms with Crippen molar-refractivity contribution in [2.45, 2.75) is 38.8 Å². The summed E-state index contributed by atoms with van der Waals surface area (Å²) in [6, 6.07) is 9.10. The second-order valence-electron chi connectivity index (χ2n) is 5.67. The molecular formula is C17H23N3S. The summed E-state index contributed by atoms with van der Waals surface area (Å²) in [6.45, 7) is 7.43. The Hall–Kier alpha value is -1.23. The Morgan fingerprint density at radius 1 is 1.43 bits per heavy atom. The van der Waals surface area contributed by atoms with Crippen molar-refractivity contribution in [1.29, 1.82) is 0 Å². The Morgan fingerprint density at radius 3 is 3.10 bits per heavy atom. The topological polar surface area (TPSA) is 37.0 Å². The van der Waals surface area contributed by atoms with Gasteiger partial charge in [-0.2, -0.15) is 0 Å². The summed E-state index contributed by atoms with van der Waals surface area (Å²) in [4.78, 5) is 5.90. The zero-order valence-electron chi connectivity index (χ0n) is 12.7. The fraction of sp³-hybridized carbons (Fsp3) is 0.471. The molecule has 0 amide bonds. The lowest BCUT2D eigenvalue weighted by molar-refractivity contribution is 0.472. The highest BCUT2D eigenvalue weighted by atomic mass is 32.1. The molecule has 0 saturated carbocycles. The summed E-state index contributed by atoms with van der Waals surface area (Å²) in [5, 5.41) is 8.37. The van der Waals surface area contributed by atoms with Gasteiger partial charge in [0.05, 0.1) is 6.04 Å². The van der Waals surface area contributed by atoms with Gasteiger partial charge >= 0.3 is 0 Å². The lowest BCUT2D eigenvalue weighted by Gasteiger charge is -2.27. The minimum absolute atomic E-state index is 0.324. The summed E-state index contributed by atoms with van der Waals surface area (Å²) < 4.78 is 0. The van der Waals surface area contributed by atoms with E-state index in [1.807, 2.05) is 17.5 Å². The SMILES string of the molecule is CCc1cnc(C(C)NCC2CNCc3ccccc32)s1. The van der Waals surface area contributed by atoms with Crippen LogP contribution in [0.1, 0.15) is 46.8 Å². The van der Waals surface area contributed by atoms with E-state index in [9.17, 15) is 0 Å². The lowest BCUT2D eigenvalue weighted by atomic mass is 9.91. The minimum Gasteiger partial charge on any atom is -0.312 e. The first-order valence-corrected chi connectivity index (χ1v) is 8.56. The van der Waals surface area contributed by atoms with Gasteiger partial charge in [0.25, 0.3) is 0 Å². The summed E-state index contributed by atoms with van der Waals surface area (Å²) in [5.41, 5.74) is 2.93. The van der Waals surface area contributed by atoms with Crippen LogP contribution in [0.15, 0.2) is 30.5 Å². The molecule has 0 fully saturated rings. The number of nitrogens with zero attached hydrogens (tertiary/aromatic N) is 1. The summed E-state index contributed by atoms with van der Waals surface area (Å²) in [7, 11) is 0. The average Bonchev–Trinajstić information content (AvgIpc) is 3.01. The number of benzene rings is 1. The zero-order valence-corrected chi connectivity index (χ0v) is 13.5. The number of hydrogen-bond donors (Lipinski definition) is 2. The Morgan fingerprint density at radius 2 is 2.29 bits per heavy atom. The highest BCUT2D eigenvalue weighted by Crippen LogP contribution is 2.25. The van der Waals surface area contributed by atoms with Crippen LogP contribution >= 0.6 is 11.3 Å². The standard InChI is InChI=1S/C17H23N3S/c1-3-15-11-20-17(21-15)12(2)19-10-14-9-18-8-13-6-4-5-7-16(13)14/h4-7,11-12,14,18-19H,3,8-10H2,1-2H3. The van der Waals surface area contributed by atoms with Crippen LogP contribution in [0.5, 0.6) is 0 Å². The Bertz CT molecular complexity index is 593. The van der Waals surface area contributed by atoms with E-state index in [1.165, 1.54) is 21.0 Å². The highest BCUT2D eigenvalue weighted by Gasteiger charge is 2.20. The lowest BCUT2D eigenvalue weighted by Crippen LogP contribution is -2.35. The molecule has 1 aromatic heterocycles. The molecule has 0 bridgehead atoms. The van der Waals surface area contributed by atoms with E-state index >= 15 is 0 Å². The normalized spacial score (nSPS) is 19.2. The molecule has 21 heavy (non-hydrogen) atoms. The molecule has 2 unspecified atom stereocenters. The molecule has 112 valence electrons. The van der Waals surface area contributed by atoms with Crippen LogP contribution in [0.3, 0.4) is 0 Å². The third-order valence-electron chi connectivity index (χ3n) is 4.16. The van der Waals surface area contributed by atoms with Gasteiger partial charge in [-0.1, -0.05) is 31.2 Å². The molecule has 3 rings (SSSR count). The van der Waals surface area contributed by atoms with Crippen LogP contribution in [0, 0.1) is 0 Å². The third kappa shape index (κ3) is 3.34. The van der Waals surface area contributed by atoms with Crippen LogP contribution in [-0.2, 0) is 13.0 Å². The predicted molar refractivity (Wildman–Crippen MR) is 88.8 cm³/mol. The van der Waals surface area contributed by atoms with Gasteiger partial charge in [-0.3, -0.25) is 0 Å². The number of aromatic nitrogens is 1. The second kappa shape index (κ2) is 6.69. The number of fused-ring (bicyclic) bond motifs is 1. The molecule has 0 radical (unpaired) electrons. The first kappa shape index (κ1) is 14.7. The first-order valence-electron chi connectivity index (χ1n) is 7.74. The monoisotopic (exact) mass is 301 g/mol. The van der Waals surface area contributed by atoms with Crippen molar-refractivity contribution in [2.75, 3.05) is 13.1 Å². The summed E-state index contributed by atoms with van der Waals surface area (Å²) in [5.74, 6) is 0.544. The first-order chi connectivity index (χ1) is 10.3. The zero-order chi connectivity index (χ0) is 14.7. The molecule has 2 heterocycles. The van der Waals surface area contributed by atoms with Crippen molar-refractivity contribution >= 4 is 11.3 Å². The molecule has 2 atom stereocenters. The predicted octanol–water partition coefficient (Wildman–Crippen LogP) is 3.24. The summed E-state index contributed by atoms with van der Waals surface area (Å²) >= 11 is 1.82. The fourth-order valence-corrected chi connectivity index (χ4v) is 3.74. The quantitative estimate of drug-likeness (QED) is 0.890. The third-order valence-corrected chi connectivity index (χ3v) is 5.49. The van der Waals surface area contributed by atoms with Crippen LogP contribution in [0.2, 0.25) is 0 Å². The van der Waals surface area contributed by atoms with Gasteiger partial charge in [0.2, 0.25) is 0 Å². The molecule has 0 aliphatic carbocycles. The average molecular weight is 301 g/mol. The number of hydrogen-bond acceptors (Lipinski definition) is 4. The Labute approximate surface area is 130 Å². The minimum atomic E-state index is 0.324. The van der Waals surface area contributed by atoms with Crippen molar-refractivity contribution in [2.24, 2.45) is 0 Å². The van der Waals surface area contributed by atoms with E-state index in [-0.39, 0.29) is 0 Å². The molecule has 0 spiro atoms. The van der Waals surface area contributed by atoms with E-state index in [4.69, 9.17) is 0 Å². The molecule has 1 aliphatic rings. The van der Waals surface area contributed by atoms with Gasteiger partial charge in [-0.15, -0.1) is 11.3 Å². The molecular weight excluding hydrogens is 278 g/mol. The van der Waals surface area contributed by atoms with E-state index in [0.29, 0.717) is 12.0 Å². The van der Waals surface area contributed by atoms with Crippen molar-refractivity contribution in [3.05, 3.63) is 51.5 Å². The highest BCUT2D eigenvalue weighted by molar-refractivity contribution is 7.11. The van der Waals surface area contributed by atoms with Crippen LogP contribution in [-0.4, -0.2) is 18.1 Å². The molecule has 2 aromatic rings. The van der Waals surface area contributed by atoms with Crippen molar-refractivity contribution < 1.29 is 0 Å². The van der Waals surface area contributed by atoms with Gasteiger partial charge in [0, 0.05) is 36.6 Å².